The Labute approximate surface area is 347 Å². The molecule has 0 saturated heterocycles. The molecule has 0 aliphatic heterocycles. The van der Waals surface area contributed by atoms with Crippen LogP contribution in [0.2, 0.25) is 0 Å². The lowest BCUT2D eigenvalue weighted by Crippen LogP contribution is -2.18. The Balaban J connectivity index is 1.06. The van der Waals surface area contributed by atoms with Gasteiger partial charge in [-0.25, -0.2) is 24.3 Å². The Morgan fingerprint density at radius 1 is 0.390 bits per heavy atom. The van der Waals surface area contributed by atoms with E-state index in [1.807, 2.05) is 84.9 Å². The maximum absolute atomic E-state index is 8.95. The van der Waals surface area contributed by atoms with E-state index in [-0.39, 0.29) is 0 Å². The Hall–Kier alpha value is -7.61. The average molecular weight is 775 g/mol. The van der Waals surface area contributed by atoms with Gasteiger partial charge in [0.15, 0.2) is 17.5 Å². The van der Waals surface area contributed by atoms with Crippen LogP contribution >= 0.6 is 12.8 Å². The fourth-order valence-electron chi connectivity index (χ4n) is 7.70. The number of hydrogen-bond acceptors (Lipinski definition) is 7. The van der Waals surface area contributed by atoms with Crippen molar-refractivity contribution in [1.82, 2.24) is 19.9 Å². The molecule has 1 N–H and O–H groups in total. The molecule has 7 heteroatoms. The number of aromatic nitrogens is 4. The van der Waals surface area contributed by atoms with Gasteiger partial charge >= 0.3 is 0 Å². The van der Waals surface area contributed by atoms with E-state index in [9.17, 15) is 0 Å². The van der Waals surface area contributed by atoms with Crippen LogP contribution in [0.1, 0.15) is 11.1 Å². The first kappa shape index (κ1) is 35.8. The van der Waals surface area contributed by atoms with E-state index in [2.05, 4.69) is 126 Å². The van der Waals surface area contributed by atoms with E-state index < -0.39 is 0 Å². The summed E-state index contributed by atoms with van der Waals surface area (Å²) in [5.41, 5.74) is 14.3. The lowest BCUT2D eigenvalue weighted by molar-refractivity contribution is 1.07. The molecular formula is C52H34N6S. The monoisotopic (exact) mass is 774 g/mol. The predicted molar refractivity (Wildman–Crippen MR) is 245 cm³/mol. The van der Waals surface area contributed by atoms with E-state index >= 15 is 0 Å². The Morgan fingerprint density at radius 2 is 0.864 bits per heavy atom. The third-order valence-electron chi connectivity index (χ3n) is 10.6. The maximum Gasteiger partial charge on any atom is 0.164 e. The molecule has 7 aromatic carbocycles. The van der Waals surface area contributed by atoms with Crippen molar-refractivity contribution < 1.29 is 0 Å². The zero-order chi connectivity index (χ0) is 39.7. The molecule has 0 radical (unpaired) electrons. The van der Waals surface area contributed by atoms with Gasteiger partial charge in [-0.2, -0.15) is 0 Å². The fraction of sp³-hybridized carbons (Fsp3) is 0. The van der Waals surface area contributed by atoms with Crippen molar-refractivity contribution in [3.63, 3.8) is 0 Å². The molecule has 9 aromatic rings. The van der Waals surface area contributed by atoms with Crippen molar-refractivity contribution in [3.05, 3.63) is 199 Å². The summed E-state index contributed by atoms with van der Waals surface area (Å²) in [7, 11) is 0. The number of fused-ring (bicyclic) bond motifs is 3. The van der Waals surface area contributed by atoms with Gasteiger partial charge in [-0.05, 0) is 88.7 Å². The van der Waals surface area contributed by atoms with Crippen LogP contribution in [0.15, 0.2) is 192 Å². The van der Waals surface area contributed by atoms with Crippen molar-refractivity contribution in [2.24, 2.45) is 4.40 Å². The fourth-order valence-corrected chi connectivity index (χ4v) is 7.86. The van der Waals surface area contributed by atoms with Gasteiger partial charge in [0.05, 0.1) is 22.6 Å². The van der Waals surface area contributed by atoms with Crippen LogP contribution in [0.25, 0.3) is 95.8 Å². The van der Waals surface area contributed by atoms with Crippen LogP contribution in [0.5, 0.6) is 0 Å². The van der Waals surface area contributed by atoms with Crippen LogP contribution in [-0.4, -0.2) is 31.4 Å². The van der Waals surface area contributed by atoms with Crippen molar-refractivity contribution in [2.75, 3.05) is 0 Å². The highest BCUT2D eigenvalue weighted by Gasteiger charge is 2.23. The molecule has 6 nitrogen and oxygen atoms in total. The highest BCUT2D eigenvalue weighted by Crippen LogP contribution is 2.37. The lowest BCUT2D eigenvalue weighted by atomic mass is 9.88. The van der Waals surface area contributed by atoms with Crippen LogP contribution in [0.4, 0.5) is 0 Å². The van der Waals surface area contributed by atoms with Gasteiger partial charge in [0, 0.05) is 38.8 Å². The van der Waals surface area contributed by atoms with Gasteiger partial charge in [-0.3, -0.25) is 5.41 Å². The molecule has 0 amide bonds. The molecule has 2 aromatic heterocycles. The normalized spacial score (nSPS) is 12.8. The smallest absolute Gasteiger partial charge is 0.164 e. The number of hydrogen-bond donors (Lipinski definition) is 2. The van der Waals surface area contributed by atoms with Crippen molar-refractivity contribution in [3.8, 4) is 78.8 Å². The second kappa shape index (κ2) is 15.4. The highest BCUT2D eigenvalue weighted by molar-refractivity contribution is 7.79. The first-order chi connectivity index (χ1) is 29.1. The molecule has 278 valence electrons. The minimum absolute atomic E-state index is 0.336. The van der Waals surface area contributed by atoms with Crippen molar-refractivity contribution >= 4 is 41.2 Å². The molecule has 1 aliphatic rings. The maximum atomic E-state index is 8.95. The molecule has 0 saturated carbocycles. The summed E-state index contributed by atoms with van der Waals surface area (Å²) in [6, 6.07) is 62.2. The molecule has 0 spiro atoms. The number of allylic oxidation sites excluding steroid dienone is 1. The largest absolute Gasteiger partial charge is 0.298 e. The van der Waals surface area contributed by atoms with Gasteiger partial charge < -0.3 is 0 Å². The molecule has 1 aliphatic carbocycles. The van der Waals surface area contributed by atoms with Crippen LogP contribution < -0.4 is 0 Å². The summed E-state index contributed by atoms with van der Waals surface area (Å²) in [5.74, 6) is 1.79. The minimum atomic E-state index is 0.336. The Bertz CT molecular complexity index is 3050. The topological polar surface area (TPSA) is 87.8 Å². The Kier molecular flexibility index (Phi) is 9.33. The number of para-hydroxylation sites is 1. The van der Waals surface area contributed by atoms with Gasteiger partial charge in [0.25, 0.3) is 0 Å². The standard InChI is InChI=1S/C52H34N6S/c53-48-46(58-59)28-27-44-47(48)43-21-10-11-22-45(43)54-49(44)36-25-23-35(24-26-36)38-19-12-20-39(29-38)51-55-50(37-17-8-3-9-18-37)56-52(57-51)42-31-40(33-13-4-1-5-14-33)30-41(32-42)34-15-6-2-7-16-34/h1-32,53,59H/b53-48?,58-46-. The molecule has 0 unspecified atom stereocenters. The second-order valence-electron chi connectivity index (χ2n) is 14.3. The van der Waals surface area contributed by atoms with Crippen LogP contribution in [0, 0.1) is 5.41 Å². The van der Waals surface area contributed by atoms with Gasteiger partial charge in [0.2, 0.25) is 0 Å². The molecule has 59 heavy (non-hydrogen) atoms. The molecule has 2 heterocycles. The van der Waals surface area contributed by atoms with Crippen LogP contribution in [-0.2, 0) is 0 Å². The zero-order valence-corrected chi connectivity index (χ0v) is 32.6. The highest BCUT2D eigenvalue weighted by atomic mass is 32.1. The summed E-state index contributed by atoms with van der Waals surface area (Å²) in [6.07, 6.45) is 3.82. The number of nitrogens with zero attached hydrogens (tertiary/aromatic N) is 5. The first-order valence-electron chi connectivity index (χ1n) is 19.3. The van der Waals surface area contributed by atoms with E-state index in [0.717, 1.165) is 83.4 Å². The number of pyridine rings is 1. The summed E-state index contributed by atoms with van der Waals surface area (Å²) in [4.78, 5) is 20.4. The van der Waals surface area contributed by atoms with Gasteiger partial charge in [-0.15, -0.1) is 0 Å². The van der Waals surface area contributed by atoms with Crippen LogP contribution in [0.3, 0.4) is 0 Å². The van der Waals surface area contributed by atoms with E-state index in [1.54, 1.807) is 0 Å². The number of thiol groups is 1. The van der Waals surface area contributed by atoms with E-state index in [1.165, 1.54) is 0 Å². The number of nitrogens with one attached hydrogen (secondary N) is 1. The van der Waals surface area contributed by atoms with Gasteiger partial charge in [-0.1, -0.05) is 152 Å². The quantitative estimate of drug-likeness (QED) is 0.158. The van der Waals surface area contributed by atoms with Gasteiger partial charge in [0.1, 0.15) is 0 Å². The third kappa shape index (κ3) is 6.94. The summed E-state index contributed by atoms with van der Waals surface area (Å²) < 4.78 is 4.05. The average Bonchev–Trinajstić information content (AvgIpc) is 3.32. The molecule has 10 rings (SSSR count). The lowest BCUT2D eigenvalue weighted by Gasteiger charge is -2.19. The molecule has 0 bridgehead atoms. The Morgan fingerprint density at radius 3 is 1.51 bits per heavy atom. The first-order valence-corrected chi connectivity index (χ1v) is 19.7. The third-order valence-corrected chi connectivity index (χ3v) is 10.9. The van der Waals surface area contributed by atoms with Crippen molar-refractivity contribution in [2.45, 2.75) is 0 Å². The second-order valence-corrected chi connectivity index (χ2v) is 14.5. The number of benzene rings is 7. The molecule has 0 fully saturated rings. The summed E-state index contributed by atoms with van der Waals surface area (Å²) in [6.45, 7) is 0. The summed E-state index contributed by atoms with van der Waals surface area (Å²) >= 11 is 4.13. The SMILES string of the molecule is N=C1/C(=N\S)C=Cc2c(-c3ccc(-c4cccc(-c5nc(-c6ccccc6)nc(-c6cc(-c7ccccc7)cc(-c7ccccc7)c6)n5)c4)cc3)nc3ccccc3c21. The molecule has 0 atom stereocenters. The minimum Gasteiger partial charge on any atom is -0.298 e. The zero-order valence-electron chi connectivity index (χ0n) is 31.7. The van der Waals surface area contributed by atoms with Crippen molar-refractivity contribution in [1.29, 1.82) is 5.41 Å². The summed E-state index contributed by atoms with van der Waals surface area (Å²) in [5, 5.41) is 9.87. The van der Waals surface area contributed by atoms with E-state index in [4.69, 9.17) is 25.3 Å². The number of rotatable bonds is 7. The predicted octanol–water partition coefficient (Wildman–Crippen LogP) is 12.8. The van der Waals surface area contributed by atoms with E-state index in [0.29, 0.717) is 28.9 Å². The molecular weight excluding hydrogens is 741 g/mol.